The third-order valence-corrected chi connectivity index (χ3v) is 4.47. The molecule has 0 aromatic carbocycles. The summed E-state index contributed by atoms with van der Waals surface area (Å²) in [5, 5.41) is 5.94. The molecule has 0 unspecified atom stereocenters. The fourth-order valence-electron chi connectivity index (χ4n) is 3.48. The molecule has 1 heterocycles. The number of hydrogen-bond acceptors (Lipinski definition) is 2. The fraction of sp³-hybridized carbons (Fsp3) is 0.933. The molecule has 0 bridgehead atoms. The van der Waals surface area contributed by atoms with Gasteiger partial charge in [0.25, 0.3) is 0 Å². The summed E-state index contributed by atoms with van der Waals surface area (Å²) in [4.78, 5) is 14.2. The number of rotatable bonds is 3. The Hall–Kier alpha value is -0.770. The summed E-state index contributed by atoms with van der Waals surface area (Å²) in [6.07, 6.45) is 10.6. The minimum atomic E-state index is -0.00443. The van der Waals surface area contributed by atoms with Crippen LogP contribution in [0.3, 0.4) is 0 Å². The van der Waals surface area contributed by atoms with Crippen LogP contribution in [0.5, 0.6) is 0 Å². The Morgan fingerprint density at radius 2 is 1.84 bits per heavy atom. The van der Waals surface area contributed by atoms with E-state index in [9.17, 15) is 4.79 Å². The topological polar surface area (TPSA) is 44.4 Å². The molecule has 0 aromatic rings. The average molecular weight is 267 g/mol. The van der Waals surface area contributed by atoms with Gasteiger partial charge in [0, 0.05) is 25.2 Å². The Labute approximate surface area is 117 Å². The van der Waals surface area contributed by atoms with Gasteiger partial charge in [-0.3, -0.25) is 4.90 Å². The molecule has 1 atom stereocenters. The van der Waals surface area contributed by atoms with Crippen LogP contribution in [0.15, 0.2) is 0 Å². The summed E-state index contributed by atoms with van der Waals surface area (Å²) in [6, 6.07) is 1.10. The van der Waals surface area contributed by atoms with Crippen LogP contribution in [-0.4, -0.2) is 42.6 Å². The lowest BCUT2D eigenvalue weighted by atomic mass is 10.00. The van der Waals surface area contributed by atoms with E-state index in [4.69, 9.17) is 0 Å². The number of nitrogens with zero attached hydrogens (tertiary/aromatic N) is 1. The van der Waals surface area contributed by atoms with Crippen molar-refractivity contribution in [1.29, 1.82) is 0 Å². The molecule has 1 aliphatic heterocycles. The summed E-state index contributed by atoms with van der Waals surface area (Å²) in [6.45, 7) is 4.92. The van der Waals surface area contributed by atoms with Gasteiger partial charge in [-0.25, -0.2) is 4.79 Å². The standard InChI is InChI=1S/C15H29N3O/c1-2-16-15(19)17-13-8-7-11-18(12-13)14-9-5-3-4-6-10-14/h13-14H,2-12H2,1H3,(H2,16,17,19)/t13-/m1/s1. The third kappa shape index (κ3) is 4.68. The SMILES string of the molecule is CCNC(=O)N[C@@H]1CCCN(C2CCCCCC2)C1. The van der Waals surface area contributed by atoms with Gasteiger partial charge in [-0.05, 0) is 39.2 Å². The molecule has 2 fully saturated rings. The molecule has 2 amide bonds. The Balaban J connectivity index is 1.80. The van der Waals surface area contributed by atoms with Crippen LogP contribution in [0.4, 0.5) is 4.79 Å². The Morgan fingerprint density at radius 3 is 2.53 bits per heavy atom. The molecule has 1 saturated heterocycles. The van der Waals surface area contributed by atoms with Crippen LogP contribution in [0.2, 0.25) is 0 Å². The zero-order valence-electron chi connectivity index (χ0n) is 12.3. The highest BCUT2D eigenvalue weighted by molar-refractivity contribution is 5.74. The first-order chi connectivity index (χ1) is 9.29. The molecule has 4 heteroatoms. The quantitative estimate of drug-likeness (QED) is 0.772. The Morgan fingerprint density at radius 1 is 1.11 bits per heavy atom. The van der Waals surface area contributed by atoms with Gasteiger partial charge in [0.15, 0.2) is 0 Å². The molecular formula is C15H29N3O. The predicted octanol–water partition coefficient (Wildman–Crippen LogP) is 2.49. The van der Waals surface area contributed by atoms with Gasteiger partial charge in [0.1, 0.15) is 0 Å². The van der Waals surface area contributed by atoms with E-state index in [0.717, 1.165) is 19.0 Å². The number of piperidine rings is 1. The van der Waals surface area contributed by atoms with Crippen LogP contribution in [0.25, 0.3) is 0 Å². The van der Waals surface area contributed by atoms with E-state index in [0.29, 0.717) is 12.6 Å². The van der Waals surface area contributed by atoms with Crippen LogP contribution in [-0.2, 0) is 0 Å². The summed E-state index contributed by atoms with van der Waals surface area (Å²) >= 11 is 0. The molecule has 4 nitrogen and oxygen atoms in total. The molecule has 2 aliphatic rings. The summed E-state index contributed by atoms with van der Waals surface area (Å²) < 4.78 is 0. The van der Waals surface area contributed by atoms with Gasteiger partial charge in [0.2, 0.25) is 0 Å². The van der Waals surface area contributed by atoms with Gasteiger partial charge < -0.3 is 10.6 Å². The second kappa shape index (κ2) is 7.73. The van der Waals surface area contributed by atoms with E-state index in [1.807, 2.05) is 6.92 Å². The Bertz CT molecular complexity index is 275. The Kier molecular flexibility index (Phi) is 5.95. The average Bonchev–Trinajstić information content (AvgIpc) is 2.68. The van der Waals surface area contributed by atoms with E-state index < -0.39 is 0 Å². The van der Waals surface area contributed by atoms with Crippen molar-refractivity contribution in [2.24, 2.45) is 0 Å². The summed E-state index contributed by atoms with van der Waals surface area (Å²) in [7, 11) is 0. The largest absolute Gasteiger partial charge is 0.338 e. The molecule has 0 aromatic heterocycles. The zero-order valence-corrected chi connectivity index (χ0v) is 12.3. The lowest BCUT2D eigenvalue weighted by molar-refractivity contribution is 0.127. The van der Waals surface area contributed by atoms with E-state index in [1.54, 1.807) is 0 Å². The molecular weight excluding hydrogens is 238 g/mol. The maximum atomic E-state index is 11.6. The monoisotopic (exact) mass is 267 g/mol. The summed E-state index contributed by atoms with van der Waals surface area (Å²) in [5.74, 6) is 0. The first-order valence-electron chi connectivity index (χ1n) is 8.08. The minimum Gasteiger partial charge on any atom is -0.338 e. The van der Waals surface area contributed by atoms with Crippen molar-refractivity contribution in [2.45, 2.75) is 70.4 Å². The minimum absolute atomic E-state index is 0.00443. The maximum absolute atomic E-state index is 11.6. The fourth-order valence-corrected chi connectivity index (χ4v) is 3.48. The molecule has 1 saturated carbocycles. The van der Waals surface area contributed by atoms with Gasteiger partial charge in [-0.1, -0.05) is 25.7 Å². The smallest absolute Gasteiger partial charge is 0.315 e. The van der Waals surface area contributed by atoms with Crippen LogP contribution in [0, 0.1) is 0 Å². The highest BCUT2D eigenvalue weighted by Gasteiger charge is 2.26. The molecule has 2 rings (SSSR count). The van der Waals surface area contributed by atoms with E-state index in [1.165, 1.54) is 51.5 Å². The number of amides is 2. The first-order valence-corrected chi connectivity index (χ1v) is 8.08. The second-order valence-corrected chi connectivity index (χ2v) is 5.98. The number of hydrogen-bond donors (Lipinski definition) is 2. The van der Waals surface area contributed by atoms with Crippen molar-refractivity contribution in [3.63, 3.8) is 0 Å². The van der Waals surface area contributed by atoms with E-state index in [-0.39, 0.29) is 6.03 Å². The zero-order chi connectivity index (χ0) is 13.5. The van der Waals surface area contributed by atoms with E-state index in [2.05, 4.69) is 15.5 Å². The van der Waals surface area contributed by atoms with Gasteiger partial charge in [-0.2, -0.15) is 0 Å². The first kappa shape index (κ1) is 14.6. The van der Waals surface area contributed by atoms with Gasteiger partial charge in [0.05, 0.1) is 0 Å². The maximum Gasteiger partial charge on any atom is 0.315 e. The van der Waals surface area contributed by atoms with Crippen molar-refractivity contribution in [3.8, 4) is 0 Å². The van der Waals surface area contributed by atoms with Gasteiger partial charge >= 0.3 is 6.03 Å². The number of nitrogens with one attached hydrogen (secondary N) is 2. The molecule has 19 heavy (non-hydrogen) atoms. The van der Waals surface area contributed by atoms with Crippen molar-refractivity contribution >= 4 is 6.03 Å². The number of carbonyl (C=O) groups excluding carboxylic acids is 1. The lowest BCUT2D eigenvalue weighted by Gasteiger charge is -2.38. The normalized spacial score (nSPS) is 26.7. The third-order valence-electron chi connectivity index (χ3n) is 4.47. The molecule has 0 spiro atoms. The highest BCUT2D eigenvalue weighted by Crippen LogP contribution is 2.24. The summed E-state index contributed by atoms with van der Waals surface area (Å²) in [5.41, 5.74) is 0. The predicted molar refractivity (Wildman–Crippen MR) is 78.3 cm³/mol. The molecule has 2 N–H and O–H groups in total. The highest BCUT2D eigenvalue weighted by atomic mass is 16.2. The van der Waals surface area contributed by atoms with Crippen molar-refractivity contribution in [2.75, 3.05) is 19.6 Å². The van der Waals surface area contributed by atoms with Crippen molar-refractivity contribution < 1.29 is 4.79 Å². The van der Waals surface area contributed by atoms with E-state index >= 15 is 0 Å². The van der Waals surface area contributed by atoms with Gasteiger partial charge in [-0.15, -0.1) is 0 Å². The van der Waals surface area contributed by atoms with Crippen LogP contribution >= 0.6 is 0 Å². The van der Waals surface area contributed by atoms with Crippen molar-refractivity contribution in [3.05, 3.63) is 0 Å². The number of carbonyl (C=O) groups is 1. The number of likely N-dealkylation sites (tertiary alicyclic amines) is 1. The van der Waals surface area contributed by atoms with Crippen LogP contribution < -0.4 is 10.6 Å². The molecule has 1 aliphatic carbocycles. The van der Waals surface area contributed by atoms with Crippen LogP contribution in [0.1, 0.15) is 58.3 Å². The number of urea groups is 1. The molecule has 110 valence electrons. The second-order valence-electron chi connectivity index (χ2n) is 5.98. The van der Waals surface area contributed by atoms with Crippen molar-refractivity contribution in [1.82, 2.24) is 15.5 Å². The molecule has 0 radical (unpaired) electrons. The lowest BCUT2D eigenvalue weighted by Crippen LogP contribution is -2.52.